The van der Waals surface area contributed by atoms with E-state index in [1.807, 2.05) is 0 Å². The van der Waals surface area contributed by atoms with Gasteiger partial charge in [0.1, 0.15) is 6.04 Å². The molecule has 0 aliphatic heterocycles. The van der Waals surface area contributed by atoms with E-state index < -0.39 is 0 Å². The van der Waals surface area contributed by atoms with Crippen LogP contribution in [-0.2, 0) is 4.74 Å². The lowest BCUT2D eigenvalue weighted by Crippen LogP contribution is -2.01. The SMILES string of the molecule is CCCCCCC(C#N)N=COC. The zero-order valence-corrected chi connectivity index (χ0v) is 8.49. The van der Waals surface area contributed by atoms with Gasteiger partial charge in [0.2, 0.25) is 0 Å². The summed E-state index contributed by atoms with van der Waals surface area (Å²) >= 11 is 0. The third-order valence-corrected chi connectivity index (χ3v) is 1.83. The molecule has 0 radical (unpaired) electrons. The minimum absolute atomic E-state index is 0.225. The first-order valence-corrected chi connectivity index (χ1v) is 4.79. The molecule has 0 fully saturated rings. The van der Waals surface area contributed by atoms with E-state index in [0.717, 1.165) is 12.8 Å². The molecular formula is C10H18N2O. The van der Waals surface area contributed by atoms with Crippen LogP contribution in [0, 0.1) is 11.3 Å². The number of nitrogens with zero attached hydrogens (tertiary/aromatic N) is 2. The lowest BCUT2D eigenvalue weighted by molar-refractivity contribution is 0.418. The van der Waals surface area contributed by atoms with Crippen molar-refractivity contribution in [3.8, 4) is 6.07 Å². The van der Waals surface area contributed by atoms with Crippen LogP contribution >= 0.6 is 0 Å². The lowest BCUT2D eigenvalue weighted by Gasteiger charge is -2.02. The summed E-state index contributed by atoms with van der Waals surface area (Å²) in [7, 11) is 1.54. The predicted octanol–water partition coefficient (Wildman–Crippen LogP) is 2.52. The van der Waals surface area contributed by atoms with Crippen LogP contribution in [-0.4, -0.2) is 19.6 Å². The van der Waals surface area contributed by atoms with Crippen LogP contribution in [0.3, 0.4) is 0 Å². The minimum Gasteiger partial charge on any atom is -0.487 e. The van der Waals surface area contributed by atoms with Gasteiger partial charge in [0.05, 0.1) is 13.2 Å². The van der Waals surface area contributed by atoms with E-state index in [2.05, 4.69) is 22.7 Å². The van der Waals surface area contributed by atoms with Crippen LogP contribution in [0.15, 0.2) is 4.99 Å². The monoisotopic (exact) mass is 182 g/mol. The Morgan fingerprint density at radius 2 is 2.23 bits per heavy atom. The van der Waals surface area contributed by atoms with Gasteiger partial charge < -0.3 is 4.74 Å². The molecule has 0 spiro atoms. The third-order valence-electron chi connectivity index (χ3n) is 1.83. The number of ether oxygens (including phenoxy) is 1. The first-order valence-electron chi connectivity index (χ1n) is 4.79. The van der Waals surface area contributed by atoms with Gasteiger partial charge in [-0.25, -0.2) is 4.99 Å². The van der Waals surface area contributed by atoms with Crippen molar-refractivity contribution in [2.45, 2.75) is 45.1 Å². The van der Waals surface area contributed by atoms with Crippen molar-refractivity contribution in [2.24, 2.45) is 4.99 Å². The van der Waals surface area contributed by atoms with Gasteiger partial charge in [-0.05, 0) is 6.42 Å². The number of aliphatic imine (C=N–C) groups is 1. The fraction of sp³-hybridized carbons (Fsp3) is 0.800. The van der Waals surface area contributed by atoms with Gasteiger partial charge in [0.25, 0.3) is 0 Å². The molecule has 13 heavy (non-hydrogen) atoms. The molecule has 0 heterocycles. The minimum atomic E-state index is -0.225. The van der Waals surface area contributed by atoms with Crippen molar-refractivity contribution < 1.29 is 4.74 Å². The van der Waals surface area contributed by atoms with Gasteiger partial charge in [-0.2, -0.15) is 5.26 Å². The maximum Gasteiger partial charge on any atom is 0.170 e. The van der Waals surface area contributed by atoms with E-state index in [4.69, 9.17) is 5.26 Å². The summed E-state index contributed by atoms with van der Waals surface area (Å²) in [5, 5.41) is 8.69. The number of hydrogen-bond acceptors (Lipinski definition) is 3. The van der Waals surface area contributed by atoms with Gasteiger partial charge in [-0.1, -0.05) is 32.6 Å². The summed E-state index contributed by atoms with van der Waals surface area (Å²) in [4.78, 5) is 3.95. The number of hydrogen-bond donors (Lipinski definition) is 0. The molecule has 0 aromatic carbocycles. The molecule has 0 saturated carbocycles. The van der Waals surface area contributed by atoms with Crippen LogP contribution in [0.4, 0.5) is 0 Å². The molecule has 1 atom stereocenters. The molecule has 0 amide bonds. The Labute approximate surface area is 80.4 Å². The number of nitriles is 1. The number of rotatable bonds is 7. The summed E-state index contributed by atoms with van der Waals surface area (Å²) in [5.41, 5.74) is 0. The van der Waals surface area contributed by atoms with Crippen LogP contribution < -0.4 is 0 Å². The number of methoxy groups -OCH3 is 1. The smallest absolute Gasteiger partial charge is 0.170 e. The largest absolute Gasteiger partial charge is 0.487 e. The number of unbranched alkanes of at least 4 members (excludes halogenated alkanes) is 3. The molecule has 0 saturated heterocycles. The molecule has 3 heteroatoms. The van der Waals surface area contributed by atoms with E-state index in [1.54, 1.807) is 0 Å². The second kappa shape index (κ2) is 9.05. The van der Waals surface area contributed by atoms with Crippen LogP contribution in [0.25, 0.3) is 0 Å². The average Bonchev–Trinajstić information content (AvgIpc) is 2.17. The zero-order valence-electron chi connectivity index (χ0n) is 8.49. The topological polar surface area (TPSA) is 45.4 Å². The van der Waals surface area contributed by atoms with Gasteiger partial charge in [-0.3, -0.25) is 0 Å². The van der Waals surface area contributed by atoms with Gasteiger partial charge in [0, 0.05) is 0 Å². The fourth-order valence-electron chi connectivity index (χ4n) is 1.07. The summed E-state index contributed by atoms with van der Waals surface area (Å²) in [6.45, 7) is 2.17. The first kappa shape index (κ1) is 12.0. The molecule has 0 aromatic rings. The normalized spacial score (nSPS) is 12.7. The predicted molar refractivity (Wildman–Crippen MR) is 53.7 cm³/mol. The van der Waals surface area contributed by atoms with Gasteiger partial charge >= 0.3 is 0 Å². The van der Waals surface area contributed by atoms with E-state index in [1.165, 1.54) is 32.8 Å². The highest BCUT2D eigenvalue weighted by atomic mass is 16.5. The van der Waals surface area contributed by atoms with E-state index in [0.29, 0.717) is 0 Å². The van der Waals surface area contributed by atoms with Crippen molar-refractivity contribution in [1.82, 2.24) is 0 Å². The quantitative estimate of drug-likeness (QED) is 0.345. The third kappa shape index (κ3) is 7.32. The van der Waals surface area contributed by atoms with Crippen molar-refractivity contribution >= 4 is 6.40 Å². The highest BCUT2D eigenvalue weighted by Gasteiger charge is 2.02. The van der Waals surface area contributed by atoms with Gasteiger partial charge in [-0.15, -0.1) is 0 Å². The Bertz CT molecular complexity index is 172. The van der Waals surface area contributed by atoms with E-state index in [-0.39, 0.29) is 6.04 Å². The summed E-state index contributed by atoms with van der Waals surface area (Å²) < 4.78 is 4.66. The Balaban J connectivity index is 3.49. The molecule has 0 rings (SSSR count). The molecule has 0 aliphatic carbocycles. The molecule has 0 bridgehead atoms. The summed E-state index contributed by atoms with van der Waals surface area (Å²) in [5.74, 6) is 0. The maximum atomic E-state index is 8.69. The Hall–Kier alpha value is -1.04. The van der Waals surface area contributed by atoms with Crippen molar-refractivity contribution in [2.75, 3.05) is 7.11 Å². The highest BCUT2D eigenvalue weighted by Crippen LogP contribution is 2.07. The lowest BCUT2D eigenvalue weighted by atomic mass is 10.1. The van der Waals surface area contributed by atoms with Crippen molar-refractivity contribution in [3.63, 3.8) is 0 Å². The zero-order chi connectivity index (χ0) is 9.94. The molecule has 0 aliphatic rings. The Morgan fingerprint density at radius 3 is 2.77 bits per heavy atom. The molecule has 3 nitrogen and oxygen atoms in total. The van der Waals surface area contributed by atoms with Crippen LogP contribution in [0.1, 0.15) is 39.0 Å². The Kier molecular flexibility index (Phi) is 8.33. The van der Waals surface area contributed by atoms with Crippen LogP contribution in [0.2, 0.25) is 0 Å². The van der Waals surface area contributed by atoms with Gasteiger partial charge in [0.15, 0.2) is 6.40 Å². The van der Waals surface area contributed by atoms with Crippen molar-refractivity contribution in [3.05, 3.63) is 0 Å². The summed E-state index contributed by atoms with van der Waals surface area (Å²) in [6.07, 6.45) is 6.92. The highest BCUT2D eigenvalue weighted by molar-refractivity contribution is 5.46. The molecule has 74 valence electrons. The van der Waals surface area contributed by atoms with Crippen molar-refractivity contribution in [1.29, 1.82) is 5.26 Å². The molecule has 0 N–H and O–H groups in total. The maximum absolute atomic E-state index is 8.69. The first-order chi connectivity index (χ1) is 6.35. The second-order valence-electron chi connectivity index (χ2n) is 2.98. The second-order valence-corrected chi connectivity index (χ2v) is 2.98. The average molecular weight is 182 g/mol. The Morgan fingerprint density at radius 1 is 1.46 bits per heavy atom. The van der Waals surface area contributed by atoms with E-state index in [9.17, 15) is 0 Å². The standard InChI is InChI=1S/C10H18N2O/c1-3-4-5-6-7-10(8-11)12-9-13-2/h9-10H,3-7H2,1-2H3. The summed E-state index contributed by atoms with van der Waals surface area (Å²) in [6, 6.07) is 1.91. The fourth-order valence-corrected chi connectivity index (χ4v) is 1.07. The van der Waals surface area contributed by atoms with Crippen LogP contribution in [0.5, 0.6) is 0 Å². The molecule has 1 unspecified atom stereocenters. The molecular weight excluding hydrogens is 164 g/mol. The molecule has 0 aromatic heterocycles. The van der Waals surface area contributed by atoms with E-state index >= 15 is 0 Å².